The first kappa shape index (κ1) is 23.5. The van der Waals surface area contributed by atoms with E-state index >= 15 is 0 Å². The van der Waals surface area contributed by atoms with Crippen molar-refractivity contribution in [3.8, 4) is 0 Å². The van der Waals surface area contributed by atoms with E-state index in [1.807, 2.05) is 0 Å². The number of aryl methyl sites for hydroxylation is 1. The van der Waals surface area contributed by atoms with Crippen molar-refractivity contribution in [1.29, 1.82) is 0 Å². The number of thiophene rings is 1. The standard InChI is InChI=1S/C22H24FN3O5S2/c1-12-3-8-16-17(11-12)32-22-19(16)21(28)25-20(26-22)13(2)31-18(27)9-10-24-33(29,30)15-6-4-14(23)5-7-15/h4-7,12-13,24H,3,8-11H2,1-2H3,(H,25,26,28)/t12-,13+/m1/s1. The van der Waals surface area contributed by atoms with E-state index in [0.717, 1.165) is 49.1 Å². The lowest BCUT2D eigenvalue weighted by molar-refractivity contribution is -0.148. The maximum atomic E-state index is 13.0. The third kappa shape index (κ3) is 5.15. The number of aromatic nitrogens is 2. The Balaban J connectivity index is 1.38. The summed E-state index contributed by atoms with van der Waals surface area (Å²) in [6.07, 6.45) is 1.81. The smallest absolute Gasteiger partial charge is 0.307 e. The molecule has 33 heavy (non-hydrogen) atoms. The first-order valence-corrected chi connectivity index (χ1v) is 12.9. The Bertz CT molecular complexity index is 1350. The maximum absolute atomic E-state index is 13.0. The SMILES string of the molecule is C[C@@H]1CCc2c(sc3nc([C@H](C)OC(=O)CCNS(=O)(=O)c4ccc(F)cc4)[nH]c(=O)c23)C1. The fraction of sp³-hybridized carbons (Fsp3) is 0.409. The van der Waals surface area contributed by atoms with Gasteiger partial charge in [-0.05, 0) is 61.9 Å². The van der Waals surface area contributed by atoms with Crippen LogP contribution in [-0.2, 0) is 32.4 Å². The quantitative estimate of drug-likeness (QED) is 0.488. The molecule has 0 amide bonds. The second kappa shape index (κ2) is 9.32. The second-order valence-electron chi connectivity index (χ2n) is 8.22. The summed E-state index contributed by atoms with van der Waals surface area (Å²) >= 11 is 1.51. The highest BCUT2D eigenvalue weighted by Gasteiger charge is 2.24. The van der Waals surface area contributed by atoms with Crippen LogP contribution in [0.2, 0.25) is 0 Å². The minimum Gasteiger partial charge on any atom is -0.454 e. The van der Waals surface area contributed by atoms with Crippen LogP contribution in [0.4, 0.5) is 4.39 Å². The molecular weight excluding hydrogens is 469 g/mol. The second-order valence-corrected chi connectivity index (χ2v) is 11.1. The zero-order chi connectivity index (χ0) is 23.8. The van der Waals surface area contributed by atoms with E-state index in [9.17, 15) is 22.4 Å². The van der Waals surface area contributed by atoms with E-state index in [1.165, 1.54) is 16.2 Å². The van der Waals surface area contributed by atoms with Gasteiger partial charge in [-0.25, -0.2) is 22.5 Å². The van der Waals surface area contributed by atoms with Crippen LogP contribution in [0, 0.1) is 11.7 Å². The summed E-state index contributed by atoms with van der Waals surface area (Å²) in [6, 6.07) is 4.36. The zero-order valence-corrected chi connectivity index (χ0v) is 19.8. The minimum atomic E-state index is -3.87. The molecule has 3 aromatic rings. The van der Waals surface area contributed by atoms with Crippen molar-refractivity contribution in [1.82, 2.24) is 14.7 Å². The van der Waals surface area contributed by atoms with E-state index in [0.29, 0.717) is 16.1 Å². The Kier molecular flexibility index (Phi) is 6.64. The first-order chi connectivity index (χ1) is 15.6. The van der Waals surface area contributed by atoms with Crippen LogP contribution in [0.25, 0.3) is 10.2 Å². The van der Waals surface area contributed by atoms with Gasteiger partial charge in [-0.2, -0.15) is 0 Å². The van der Waals surface area contributed by atoms with Crippen LogP contribution in [-0.4, -0.2) is 30.9 Å². The summed E-state index contributed by atoms with van der Waals surface area (Å²) < 4.78 is 45.0. The number of hydrogen-bond donors (Lipinski definition) is 2. The molecule has 8 nitrogen and oxygen atoms in total. The fourth-order valence-electron chi connectivity index (χ4n) is 3.85. The van der Waals surface area contributed by atoms with E-state index in [1.54, 1.807) is 6.92 Å². The molecule has 4 rings (SSSR count). The van der Waals surface area contributed by atoms with Crippen molar-refractivity contribution in [2.24, 2.45) is 5.92 Å². The van der Waals surface area contributed by atoms with Crippen LogP contribution in [0.1, 0.15) is 49.1 Å². The molecule has 11 heteroatoms. The molecule has 0 spiro atoms. The molecule has 2 N–H and O–H groups in total. The number of aromatic amines is 1. The number of nitrogens with zero attached hydrogens (tertiary/aromatic N) is 1. The van der Waals surface area contributed by atoms with Gasteiger partial charge in [0.15, 0.2) is 11.9 Å². The van der Waals surface area contributed by atoms with Gasteiger partial charge in [0, 0.05) is 11.4 Å². The Labute approximate surface area is 194 Å². The third-order valence-electron chi connectivity index (χ3n) is 5.62. The van der Waals surface area contributed by atoms with Gasteiger partial charge in [-0.3, -0.25) is 9.59 Å². The summed E-state index contributed by atoms with van der Waals surface area (Å²) in [5.74, 6) is -0.371. The third-order valence-corrected chi connectivity index (χ3v) is 8.25. The Morgan fingerprint density at radius 1 is 1.36 bits per heavy atom. The van der Waals surface area contributed by atoms with Crippen molar-refractivity contribution >= 4 is 37.5 Å². The highest BCUT2D eigenvalue weighted by Crippen LogP contribution is 2.36. The molecule has 0 saturated carbocycles. The fourth-order valence-corrected chi connectivity index (χ4v) is 6.28. The summed E-state index contributed by atoms with van der Waals surface area (Å²) in [5.41, 5.74) is 0.837. The predicted octanol–water partition coefficient (Wildman–Crippen LogP) is 3.22. The molecule has 1 aliphatic rings. The average molecular weight is 494 g/mol. The van der Waals surface area contributed by atoms with Gasteiger partial charge in [-0.1, -0.05) is 6.92 Å². The molecule has 1 aromatic carbocycles. The monoisotopic (exact) mass is 493 g/mol. The molecular formula is C22H24FN3O5S2. The number of ether oxygens (including phenoxy) is 1. The van der Waals surface area contributed by atoms with Gasteiger partial charge in [0.25, 0.3) is 5.56 Å². The molecule has 0 unspecified atom stereocenters. The summed E-state index contributed by atoms with van der Waals surface area (Å²) in [6.45, 7) is 3.60. The van der Waals surface area contributed by atoms with E-state index in [-0.39, 0.29) is 29.2 Å². The molecule has 2 heterocycles. The largest absolute Gasteiger partial charge is 0.454 e. The molecule has 2 atom stereocenters. The number of hydrogen-bond acceptors (Lipinski definition) is 7. The Morgan fingerprint density at radius 2 is 2.09 bits per heavy atom. The van der Waals surface area contributed by atoms with Gasteiger partial charge in [0.1, 0.15) is 10.6 Å². The predicted molar refractivity (Wildman–Crippen MR) is 122 cm³/mol. The highest BCUT2D eigenvalue weighted by atomic mass is 32.2. The molecule has 1 aliphatic carbocycles. The van der Waals surface area contributed by atoms with Crippen LogP contribution >= 0.6 is 11.3 Å². The number of nitrogens with one attached hydrogen (secondary N) is 2. The number of benzene rings is 1. The Hall–Kier alpha value is -2.63. The minimum absolute atomic E-state index is 0.103. The van der Waals surface area contributed by atoms with Gasteiger partial charge in [0.2, 0.25) is 10.0 Å². The van der Waals surface area contributed by atoms with Gasteiger partial charge < -0.3 is 9.72 Å². The molecule has 2 aromatic heterocycles. The van der Waals surface area contributed by atoms with E-state index < -0.39 is 27.9 Å². The summed E-state index contributed by atoms with van der Waals surface area (Å²) in [5, 5.41) is 0.624. The van der Waals surface area contributed by atoms with Crippen LogP contribution in [0.15, 0.2) is 34.0 Å². The first-order valence-electron chi connectivity index (χ1n) is 10.6. The van der Waals surface area contributed by atoms with Crippen molar-refractivity contribution in [3.63, 3.8) is 0 Å². The number of fused-ring (bicyclic) bond motifs is 3. The average Bonchev–Trinajstić information content (AvgIpc) is 3.11. The number of sulfonamides is 1. The Morgan fingerprint density at radius 3 is 2.82 bits per heavy atom. The lowest BCUT2D eigenvalue weighted by Gasteiger charge is -2.17. The van der Waals surface area contributed by atoms with Crippen molar-refractivity contribution in [2.75, 3.05) is 6.54 Å². The van der Waals surface area contributed by atoms with Crippen LogP contribution in [0.3, 0.4) is 0 Å². The van der Waals surface area contributed by atoms with Crippen molar-refractivity contribution in [3.05, 3.63) is 56.7 Å². The van der Waals surface area contributed by atoms with Crippen LogP contribution < -0.4 is 10.3 Å². The zero-order valence-electron chi connectivity index (χ0n) is 18.2. The van der Waals surface area contributed by atoms with Crippen molar-refractivity contribution in [2.45, 2.75) is 50.5 Å². The summed E-state index contributed by atoms with van der Waals surface area (Å²) in [4.78, 5) is 33.9. The van der Waals surface area contributed by atoms with Crippen LogP contribution in [0.5, 0.6) is 0 Å². The van der Waals surface area contributed by atoms with Gasteiger partial charge in [-0.15, -0.1) is 11.3 Å². The highest BCUT2D eigenvalue weighted by molar-refractivity contribution is 7.89. The number of halogens is 1. The molecule has 176 valence electrons. The lowest BCUT2D eigenvalue weighted by Crippen LogP contribution is -2.27. The number of carbonyl (C=O) groups excluding carboxylic acids is 1. The van der Waals surface area contributed by atoms with E-state index in [4.69, 9.17) is 4.74 Å². The topological polar surface area (TPSA) is 118 Å². The molecule has 0 aliphatic heterocycles. The molecule has 0 saturated heterocycles. The van der Waals surface area contributed by atoms with Crippen molar-refractivity contribution < 1.29 is 22.3 Å². The molecule has 0 fully saturated rings. The normalized spacial score (nSPS) is 17.0. The van der Waals surface area contributed by atoms with E-state index in [2.05, 4.69) is 21.6 Å². The summed E-state index contributed by atoms with van der Waals surface area (Å²) in [7, 11) is -3.87. The molecule has 0 bridgehead atoms. The molecule has 0 radical (unpaired) electrons. The number of carbonyl (C=O) groups is 1. The number of esters is 1. The van der Waals surface area contributed by atoms with Gasteiger partial charge >= 0.3 is 5.97 Å². The number of rotatable bonds is 7. The maximum Gasteiger partial charge on any atom is 0.307 e. The number of H-pyrrole nitrogens is 1. The lowest BCUT2D eigenvalue weighted by atomic mass is 9.89. The van der Waals surface area contributed by atoms with Gasteiger partial charge in [0.05, 0.1) is 16.7 Å².